The fourth-order valence-corrected chi connectivity index (χ4v) is 1.51. The molecule has 7 nitrogen and oxygen atoms in total. The highest BCUT2D eigenvalue weighted by Crippen LogP contribution is 2.29. The zero-order valence-electron chi connectivity index (χ0n) is 9.10. The number of nitrogens with zero attached hydrogens (tertiary/aromatic N) is 1. The van der Waals surface area contributed by atoms with E-state index in [1.807, 2.05) is 0 Å². The van der Waals surface area contributed by atoms with Gasteiger partial charge >= 0.3 is 11.9 Å². The molecule has 0 saturated heterocycles. The fraction of sp³-hybridized carbons (Fsp3) is 0.778. The third-order valence-electron chi connectivity index (χ3n) is 2.25. The molecule has 1 unspecified atom stereocenters. The van der Waals surface area contributed by atoms with Crippen LogP contribution in [0.5, 0.6) is 0 Å². The van der Waals surface area contributed by atoms with Crippen molar-refractivity contribution < 1.29 is 24.7 Å². The smallest absolute Gasteiger partial charge is 0.303 e. The van der Waals surface area contributed by atoms with Crippen LogP contribution in [-0.4, -0.2) is 32.1 Å². The maximum absolute atomic E-state index is 10.7. The lowest BCUT2D eigenvalue weighted by atomic mass is 10.0. The first-order valence-electron chi connectivity index (χ1n) is 5.05. The van der Waals surface area contributed by atoms with E-state index < -0.39 is 21.9 Å². The van der Waals surface area contributed by atoms with Crippen LogP contribution in [0.3, 0.4) is 0 Å². The Bertz CT molecular complexity index is 308. The molecule has 98 valence electrons. The predicted molar refractivity (Wildman–Crippen MR) is 58.6 cm³/mol. The van der Waals surface area contributed by atoms with Crippen LogP contribution in [-0.2, 0) is 9.59 Å². The van der Waals surface area contributed by atoms with Gasteiger partial charge in [-0.1, -0.05) is 0 Å². The van der Waals surface area contributed by atoms with Gasteiger partial charge < -0.3 is 10.2 Å². The number of carboxylic acid groups (broad SMARTS) is 2. The van der Waals surface area contributed by atoms with Gasteiger partial charge in [0.2, 0.25) is 0 Å². The first kappa shape index (κ1) is 15.6. The third kappa shape index (κ3) is 6.72. The Morgan fingerprint density at radius 1 is 1.12 bits per heavy atom. The van der Waals surface area contributed by atoms with Crippen LogP contribution in [0.1, 0.15) is 38.5 Å². The number of aliphatic carboxylic acids is 2. The molecule has 0 aromatic carbocycles. The van der Waals surface area contributed by atoms with E-state index in [-0.39, 0.29) is 38.5 Å². The number of hydrogen-bond acceptors (Lipinski definition) is 4. The van der Waals surface area contributed by atoms with Gasteiger partial charge in [0.1, 0.15) is 0 Å². The van der Waals surface area contributed by atoms with Crippen LogP contribution < -0.4 is 0 Å². The molecule has 0 bridgehead atoms. The summed E-state index contributed by atoms with van der Waals surface area (Å²) in [6, 6.07) is 0. The summed E-state index contributed by atoms with van der Waals surface area (Å²) < 4.78 is 0. The van der Waals surface area contributed by atoms with E-state index in [4.69, 9.17) is 21.8 Å². The van der Waals surface area contributed by atoms with E-state index in [2.05, 4.69) is 0 Å². The number of alkyl halides is 1. The van der Waals surface area contributed by atoms with Crippen LogP contribution in [0.2, 0.25) is 0 Å². The van der Waals surface area contributed by atoms with Crippen LogP contribution in [0.25, 0.3) is 0 Å². The second-order valence-electron chi connectivity index (χ2n) is 3.67. The number of carboxylic acids is 2. The van der Waals surface area contributed by atoms with E-state index in [1.54, 1.807) is 0 Å². The summed E-state index contributed by atoms with van der Waals surface area (Å²) in [5.74, 6) is -2.13. The molecular weight excluding hydrogens is 254 g/mol. The molecule has 0 radical (unpaired) electrons. The summed E-state index contributed by atoms with van der Waals surface area (Å²) in [6.45, 7) is 0. The molecule has 8 heteroatoms. The Hall–Kier alpha value is -1.37. The van der Waals surface area contributed by atoms with Crippen molar-refractivity contribution in [3.63, 3.8) is 0 Å². The Labute approximate surface area is 103 Å². The fourth-order valence-electron chi connectivity index (χ4n) is 1.28. The number of carbonyl (C=O) groups is 2. The van der Waals surface area contributed by atoms with Crippen molar-refractivity contribution in [1.29, 1.82) is 0 Å². The standard InChI is InChI=1S/C9H14ClNO6/c10-9(11(16)17,6-4-8(14)15)5-2-1-3-7(12)13/h1-6H2,(H,12,13)(H,14,15). The first-order valence-corrected chi connectivity index (χ1v) is 5.43. The molecule has 0 amide bonds. The topological polar surface area (TPSA) is 118 Å². The highest BCUT2D eigenvalue weighted by Gasteiger charge is 2.39. The summed E-state index contributed by atoms with van der Waals surface area (Å²) >= 11 is 5.72. The number of rotatable bonds is 9. The SMILES string of the molecule is O=C(O)CCCCC(Cl)(CCC(=O)O)[N+](=O)[O-]. The van der Waals surface area contributed by atoms with Gasteiger partial charge in [-0.25, -0.2) is 0 Å². The van der Waals surface area contributed by atoms with Crippen molar-refractivity contribution in [2.75, 3.05) is 0 Å². The summed E-state index contributed by atoms with van der Waals surface area (Å²) in [7, 11) is 0. The van der Waals surface area contributed by atoms with Gasteiger partial charge in [-0.05, 0) is 24.4 Å². The van der Waals surface area contributed by atoms with Crippen molar-refractivity contribution >= 4 is 23.5 Å². The van der Waals surface area contributed by atoms with Gasteiger partial charge in [0, 0.05) is 24.2 Å². The molecule has 0 saturated carbocycles. The first-order chi connectivity index (χ1) is 7.78. The molecule has 0 aromatic heterocycles. The van der Waals surface area contributed by atoms with Crippen LogP contribution in [0.4, 0.5) is 0 Å². The molecule has 17 heavy (non-hydrogen) atoms. The largest absolute Gasteiger partial charge is 0.481 e. The lowest BCUT2D eigenvalue weighted by molar-refractivity contribution is -0.544. The van der Waals surface area contributed by atoms with E-state index in [1.165, 1.54) is 0 Å². The molecule has 0 heterocycles. The molecule has 0 aromatic rings. The highest BCUT2D eigenvalue weighted by atomic mass is 35.5. The number of unbranched alkanes of at least 4 members (excludes halogenated alkanes) is 1. The molecule has 1 atom stereocenters. The minimum atomic E-state index is -1.81. The Morgan fingerprint density at radius 3 is 2.06 bits per heavy atom. The number of hydrogen-bond donors (Lipinski definition) is 2. The van der Waals surface area contributed by atoms with Crippen LogP contribution >= 0.6 is 11.6 Å². The molecule has 0 aliphatic heterocycles. The van der Waals surface area contributed by atoms with Crippen molar-refractivity contribution in [2.45, 2.75) is 43.5 Å². The maximum Gasteiger partial charge on any atom is 0.303 e. The van der Waals surface area contributed by atoms with Crippen LogP contribution in [0, 0.1) is 10.1 Å². The van der Waals surface area contributed by atoms with Gasteiger partial charge in [0.15, 0.2) is 0 Å². The van der Waals surface area contributed by atoms with Crippen LogP contribution in [0.15, 0.2) is 0 Å². The van der Waals surface area contributed by atoms with Gasteiger partial charge in [0.25, 0.3) is 5.00 Å². The third-order valence-corrected chi connectivity index (χ3v) is 2.77. The maximum atomic E-state index is 10.7. The number of nitro groups is 1. The Balaban J connectivity index is 4.17. The second-order valence-corrected chi connectivity index (χ2v) is 4.37. The average molecular weight is 268 g/mol. The van der Waals surface area contributed by atoms with Crippen molar-refractivity contribution in [3.8, 4) is 0 Å². The monoisotopic (exact) mass is 267 g/mol. The van der Waals surface area contributed by atoms with Gasteiger partial charge in [0.05, 0.1) is 6.42 Å². The molecule has 0 aliphatic rings. The molecule has 0 aliphatic carbocycles. The van der Waals surface area contributed by atoms with E-state index in [9.17, 15) is 19.7 Å². The molecule has 0 fully saturated rings. The molecular formula is C9H14ClNO6. The lowest BCUT2D eigenvalue weighted by Gasteiger charge is -2.17. The van der Waals surface area contributed by atoms with Gasteiger partial charge in [-0.3, -0.25) is 19.7 Å². The van der Waals surface area contributed by atoms with Crippen molar-refractivity contribution in [3.05, 3.63) is 10.1 Å². The Morgan fingerprint density at radius 2 is 1.65 bits per heavy atom. The molecule has 0 rings (SSSR count). The summed E-state index contributed by atoms with van der Waals surface area (Å²) in [5.41, 5.74) is 0. The van der Waals surface area contributed by atoms with E-state index in [0.717, 1.165) is 0 Å². The zero-order chi connectivity index (χ0) is 13.5. The van der Waals surface area contributed by atoms with Gasteiger partial charge in [-0.15, -0.1) is 0 Å². The summed E-state index contributed by atoms with van der Waals surface area (Å²) in [5, 5.41) is 27.6. The van der Waals surface area contributed by atoms with Crippen molar-refractivity contribution in [1.82, 2.24) is 0 Å². The Kier molecular flexibility index (Phi) is 6.48. The zero-order valence-corrected chi connectivity index (χ0v) is 9.85. The molecule has 2 N–H and O–H groups in total. The highest BCUT2D eigenvalue weighted by molar-refractivity contribution is 6.22. The van der Waals surface area contributed by atoms with Gasteiger partial charge in [-0.2, -0.15) is 0 Å². The summed E-state index contributed by atoms with van der Waals surface area (Å²) in [6.07, 6.45) is -0.222. The van der Waals surface area contributed by atoms with Crippen molar-refractivity contribution in [2.24, 2.45) is 0 Å². The number of halogens is 1. The predicted octanol–water partition coefficient (Wildman–Crippen LogP) is 1.71. The lowest BCUT2D eigenvalue weighted by Crippen LogP contribution is -2.32. The second kappa shape index (κ2) is 7.05. The quantitative estimate of drug-likeness (QED) is 0.216. The minimum Gasteiger partial charge on any atom is -0.481 e. The van der Waals surface area contributed by atoms with E-state index in [0.29, 0.717) is 0 Å². The normalized spacial score (nSPS) is 13.9. The minimum absolute atomic E-state index is 0.0396. The summed E-state index contributed by atoms with van der Waals surface area (Å²) in [4.78, 5) is 28.8. The van der Waals surface area contributed by atoms with E-state index >= 15 is 0 Å². The molecule has 0 spiro atoms. The average Bonchev–Trinajstić information content (AvgIpc) is 2.21.